The Kier molecular flexibility index (Phi) is 7.61. The van der Waals surface area contributed by atoms with Crippen LogP contribution in [0.4, 0.5) is 28.4 Å². The third-order valence-electron chi connectivity index (χ3n) is 9.36. The summed E-state index contributed by atoms with van der Waals surface area (Å²) in [6.07, 6.45) is 6.77. The average molecular weight is 605 g/mol. The van der Waals surface area contributed by atoms with Crippen LogP contribution in [0.3, 0.4) is 0 Å². The van der Waals surface area contributed by atoms with Crippen molar-refractivity contribution in [3.63, 3.8) is 0 Å². The van der Waals surface area contributed by atoms with Gasteiger partial charge in [-0.3, -0.25) is 0 Å². The Morgan fingerprint density at radius 1 is 0.447 bits per heavy atom. The van der Waals surface area contributed by atoms with E-state index in [0.717, 1.165) is 29.9 Å². The lowest BCUT2D eigenvalue weighted by Crippen LogP contribution is -2.13. The zero-order valence-electron chi connectivity index (χ0n) is 26.6. The van der Waals surface area contributed by atoms with Gasteiger partial charge in [0.2, 0.25) is 0 Å². The highest BCUT2D eigenvalue weighted by Crippen LogP contribution is 2.43. The Hall–Kier alpha value is -5.86. The zero-order valence-corrected chi connectivity index (χ0v) is 26.6. The summed E-state index contributed by atoms with van der Waals surface area (Å²) < 4.78 is 0. The van der Waals surface area contributed by atoms with Crippen LogP contribution in [-0.4, -0.2) is 7.05 Å². The van der Waals surface area contributed by atoms with Crippen molar-refractivity contribution in [2.75, 3.05) is 16.8 Å². The van der Waals surface area contributed by atoms with Crippen LogP contribution in [-0.2, 0) is 6.42 Å². The fourth-order valence-corrected chi connectivity index (χ4v) is 6.79. The molecule has 8 rings (SSSR count). The molecule has 0 radical (unpaired) electrons. The third kappa shape index (κ3) is 5.60. The lowest BCUT2D eigenvalue weighted by molar-refractivity contribution is 0.984. The number of aryl methyl sites for hydroxylation is 1. The van der Waals surface area contributed by atoms with Crippen LogP contribution in [0.15, 0.2) is 170 Å². The van der Waals surface area contributed by atoms with Gasteiger partial charge in [-0.2, -0.15) is 0 Å². The maximum Gasteiger partial charge on any atom is 0.0540 e. The van der Waals surface area contributed by atoms with E-state index in [1.54, 1.807) is 0 Å². The fourth-order valence-electron chi connectivity index (χ4n) is 6.79. The van der Waals surface area contributed by atoms with Gasteiger partial charge in [0, 0.05) is 35.1 Å². The first-order valence-corrected chi connectivity index (χ1v) is 16.4. The first kappa shape index (κ1) is 28.6. The van der Waals surface area contributed by atoms with Crippen molar-refractivity contribution in [2.24, 2.45) is 0 Å². The van der Waals surface area contributed by atoms with Gasteiger partial charge in [0.15, 0.2) is 0 Å². The number of fused-ring (bicyclic) bond motifs is 2. The molecule has 0 aromatic heterocycles. The van der Waals surface area contributed by atoms with Crippen LogP contribution in [0.5, 0.6) is 0 Å². The van der Waals surface area contributed by atoms with E-state index in [0.29, 0.717) is 0 Å². The quantitative estimate of drug-likeness (QED) is 0.179. The van der Waals surface area contributed by atoms with Crippen LogP contribution in [0, 0.1) is 0 Å². The molecule has 7 aromatic rings. The number of rotatable bonds is 7. The van der Waals surface area contributed by atoms with Gasteiger partial charge < -0.3 is 9.80 Å². The molecule has 0 N–H and O–H groups in total. The summed E-state index contributed by atoms with van der Waals surface area (Å²) in [6, 6.07) is 59.2. The minimum Gasteiger partial charge on any atom is -0.345 e. The van der Waals surface area contributed by atoms with Crippen molar-refractivity contribution in [2.45, 2.75) is 12.8 Å². The highest BCUT2D eigenvalue weighted by atomic mass is 15.1. The Morgan fingerprint density at radius 2 is 0.979 bits per heavy atom. The molecular formula is C45H36N2. The smallest absolute Gasteiger partial charge is 0.0540 e. The lowest BCUT2D eigenvalue weighted by Gasteiger charge is -2.30. The molecule has 0 heterocycles. The number of benzene rings is 7. The number of hydrogen-bond donors (Lipinski definition) is 0. The van der Waals surface area contributed by atoms with Crippen molar-refractivity contribution in [3.05, 3.63) is 181 Å². The van der Waals surface area contributed by atoms with E-state index >= 15 is 0 Å². The number of anilines is 5. The third-order valence-corrected chi connectivity index (χ3v) is 9.36. The summed E-state index contributed by atoms with van der Waals surface area (Å²) in [6.45, 7) is 0. The molecule has 0 bridgehead atoms. The van der Waals surface area contributed by atoms with Gasteiger partial charge in [-0.25, -0.2) is 0 Å². The van der Waals surface area contributed by atoms with Gasteiger partial charge >= 0.3 is 0 Å². The van der Waals surface area contributed by atoms with Crippen LogP contribution < -0.4 is 9.80 Å². The normalized spacial score (nSPS) is 12.1. The minimum atomic E-state index is 1.08. The second-order valence-corrected chi connectivity index (χ2v) is 12.2. The highest BCUT2D eigenvalue weighted by Gasteiger charge is 2.20. The largest absolute Gasteiger partial charge is 0.345 e. The number of allylic oxidation sites excluding steroid dienone is 1. The molecule has 0 aliphatic heterocycles. The van der Waals surface area contributed by atoms with E-state index < -0.39 is 0 Å². The van der Waals surface area contributed by atoms with Gasteiger partial charge in [-0.15, -0.1) is 0 Å². The molecule has 1 aliphatic carbocycles. The molecule has 0 unspecified atom stereocenters. The van der Waals surface area contributed by atoms with E-state index in [9.17, 15) is 0 Å². The van der Waals surface area contributed by atoms with Crippen molar-refractivity contribution >= 4 is 45.3 Å². The molecule has 0 saturated carbocycles. The molecule has 0 spiro atoms. The van der Waals surface area contributed by atoms with E-state index in [-0.39, 0.29) is 0 Å². The second-order valence-electron chi connectivity index (χ2n) is 12.2. The molecule has 0 fully saturated rings. The summed E-state index contributed by atoms with van der Waals surface area (Å²) in [5.41, 5.74) is 13.4. The zero-order chi connectivity index (χ0) is 31.6. The molecule has 47 heavy (non-hydrogen) atoms. The van der Waals surface area contributed by atoms with Gasteiger partial charge in [0.1, 0.15) is 0 Å². The average Bonchev–Trinajstić information content (AvgIpc) is 3.16. The first-order chi connectivity index (χ1) is 23.2. The topological polar surface area (TPSA) is 6.48 Å². The monoisotopic (exact) mass is 604 g/mol. The van der Waals surface area contributed by atoms with Crippen molar-refractivity contribution in [1.82, 2.24) is 0 Å². The van der Waals surface area contributed by atoms with Crippen molar-refractivity contribution in [1.29, 1.82) is 0 Å². The number of nitrogens with zero attached hydrogens (tertiary/aromatic N) is 2. The Balaban J connectivity index is 1.10. The number of hydrogen-bond acceptors (Lipinski definition) is 2. The molecule has 0 amide bonds. The Morgan fingerprint density at radius 3 is 1.66 bits per heavy atom. The summed E-state index contributed by atoms with van der Waals surface area (Å²) in [5.74, 6) is 0. The van der Waals surface area contributed by atoms with Crippen LogP contribution in [0.25, 0.3) is 39.1 Å². The summed E-state index contributed by atoms with van der Waals surface area (Å²) in [4.78, 5) is 4.67. The van der Waals surface area contributed by atoms with Crippen molar-refractivity contribution < 1.29 is 0 Å². The molecule has 2 heteroatoms. The van der Waals surface area contributed by atoms with E-state index in [2.05, 4.69) is 193 Å². The first-order valence-electron chi connectivity index (χ1n) is 16.4. The van der Waals surface area contributed by atoms with E-state index in [1.807, 2.05) is 0 Å². The molecule has 0 atom stereocenters. The Bertz CT molecular complexity index is 2170. The van der Waals surface area contributed by atoms with Gasteiger partial charge in [0.25, 0.3) is 0 Å². The minimum absolute atomic E-state index is 1.08. The molecule has 226 valence electrons. The molecule has 0 saturated heterocycles. The summed E-state index contributed by atoms with van der Waals surface area (Å²) >= 11 is 0. The Labute approximate surface area is 277 Å². The van der Waals surface area contributed by atoms with Crippen LogP contribution in [0.2, 0.25) is 0 Å². The fraction of sp³-hybridized carbons (Fsp3) is 0.0667. The van der Waals surface area contributed by atoms with Crippen molar-refractivity contribution in [3.8, 4) is 22.3 Å². The summed E-state index contributed by atoms with van der Waals surface area (Å²) in [7, 11) is 2.13. The predicted molar refractivity (Wildman–Crippen MR) is 201 cm³/mol. The van der Waals surface area contributed by atoms with Crippen LogP contribution >= 0.6 is 0 Å². The maximum absolute atomic E-state index is 2.43. The lowest BCUT2D eigenvalue weighted by atomic mass is 9.94. The SMILES string of the molecule is CN(c1ccc(-c2ccccc2)cc1)c1ccc(-c2ccc(N(c3cccc4c3C=CCC4)c3cccc4ccccc34)cc2)cc1. The molecule has 1 aliphatic rings. The molecule has 7 aromatic carbocycles. The van der Waals surface area contributed by atoms with E-state index in [1.165, 1.54) is 55.5 Å². The van der Waals surface area contributed by atoms with Crippen LogP contribution in [0.1, 0.15) is 17.5 Å². The molecule has 2 nitrogen and oxygen atoms in total. The van der Waals surface area contributed by atoms with Gasteiger partial charge in [-0.05, 0) is 94.6 Å². The second kappa shape index (κ2) is 12.5. The van der Waals surface area contributed by atoms with Gasteiger partial charge in [-0.1, -0.05) is 127 Å². The standard InChI is InChI=1S/C45H36N2/c1-46(39-27-21-34(22-28-39)33-11-3-2-4-12-33)40-29-23-35(24-30-40)36-25-31-41(32-26-36)47(44-19-9-15-37-13-5-7-17-42(37)44)45-20-10-16-38-14-6-8-18-43(38)45/h2-5,7-13,15-32H,6,14H2,1H3. The predicted octanol–water partition coefficient (Wildman–Crippen LogP) is 12.4. The van der Waals surface area contributed by atoms with Gasteiger partial charge in [0.05, 0.1) is 11.4 Å². The van der Waals surface area contributed by atoms with E-state index in [4.69, 9.17) is 0 Å². The summed E-state index contributed by atoms with van der Waals surface area (Å²) in [5, 5.41) is 2.48. The maximum atomic E-state index is 2.43. The molecular weight excluding hydrogens is 569 g/mol. The highest BCUT2D eigenvalue weighted by molar-refractivity contribution is 6.00.